The number of benzene rings is 1. The average molecular weight is 245 g/mol. The highest BCUT2D eigenvalue weighted by molar-refractivity contribution is 6.31. The smallest absolute Gasteiger partial charge is 0.142 e. The van der Waals surface area contributed by atoms with Crippen LogP contribution in [-0.4, -0.2) is 11.7 Å². The van der Waals surface area contributed by atoms with Crippen molar-refractivity contribution in [2.45, 2.75) is 26.7 Å². The molecule has 0 amide bonds. The van der Waals surface area contributed by atoms with Gasteiger partial charge in [0.25, 0.3) is 0 Å². The van der Waals surface area contributed by atoms with Crippen molar-refractivity contribution in [3.05, 3.63) is 34.6 Å². The van der Waals surface area contributed by atoms with Gasteiger partial charge in [-0.05, 0) is 36.3 Å². The van der Waals surface area contributed by atoms with Gasteiger partial charge in [-0.15, -0.1) is 0 Å². The Bertz CT molecular complexity index is 339. The molecule has 0 saturated heterocycles. The van der Waals surface area contributed by atoms with E-state index in [1.165, 1.54) is 6.07 Å². The van der Waals surface area contributed by atoms with Crippen molar-refractivity contribution < 1.29 is 9.50 Å². The van der Waals surface area contributed by atoms with Gasteiger partial charge in [-0.2, -0.15) is 0 Å². The van der Waals surface area contributed by atoms with Gasteiger partial charge in [0.05, 0.1) is 5.02 Å². The SMILES string of the molecule is CC(C)CC(CO)Cc1cccc(F)c1Cl. The van der Waals surface area contributed by atoms with E-state index in [0.717, 1.165) is 12.0 Å². The molecule has 1 nitrogen and oxygen atoms in total. The summed E-state index contributed by atoms with van der Waals surface area (Å²) in [5, 5.41) is 9.44. The maximum atomic E-state index is 13.2. The van der Waals surface area contributed by atoms with Crippen LogP contribution < -0.4 is 0 Å². The van der Waals surface area contributed by atoms with Crippen molar-refractivity contribution in [3.8, 4) is 0 Å². The van der Waals surface area contributed by atoms with Crippen LogP contribution in [-0.2, 0) is 6.42 Å². The summed E-state index contributed by atoms with van der Waals surface area (Å²) in [6.45, 7) is 4.33. The van der Waals surface area contributed by atoms with Crippen molar-refractivity contribution in [3.63, 3.8) is 0 Å². The second-order valence-electron chi connectivity index (χ2n) is 4.60. The molecule has 90 valence electrons. The molecule has 0 aliphatic heterocycles. The number of halogens is 2. The number of hydrogen-bond donors (Lipinski definition) is 1. The van der Waals surface area contributed by atoms with Crippen molar-refractivity contribution in [1.29, 1.82) is 0 Å². The van der Waals surface area contributed by atoms with Crippen LogP contribution in [0.25, 0.3) is 0 Å². The molecule has 0 aromatic heterocycles. The molecule has 0 saturated carbocycles. The van der Waals surface area contributed by atoms with E-state index in [4.69, 9.17) is 11.6 Å². The van der Waals surface area contributed by atoms with Gasteiger partial charge >= 0.3 is 0 Å². The molecule has 0 bridgehead atoms. The fourth-order valence-electron chi connectivity index (χ4n) is 1.91. The van der Waals surface area contributed by atoms with Gasteiger partial charge in [0, 0.05) is 6.61 Å². The van der Waals surface area contributed by atoms with E-state index in [1.807, 2.05) is 6.07 Å². The molecule has 1 unspecified atom stereocenters. The van der Waals surface area contributed by atoms with E-state index in [2.05, 4.69) is 13.8 Å². The second-order valence-corrected chi connectivity index (χ2v) is 4.97. The first-order chi connectivity index (χ1) is 7.54. The minimum atomic E-state index is -0.389. The highest BCUT2D eigenvalue weighted by Crippen LogP contribution is 2.24. The summed E-state index contributed by atoms with van der Waals surface area (Å²) in [6.07, 6.45) is 1.55. The molecular weight excluding hydrogens is 227 g/mol. The van der Waals surface area contributed by atoms with Crippen molar-refractivity contribution in [2.75, 3.05) is 6.61 Å². The zero-order chi connectivity index (χ0) is 12.1. The van der Waals surface area contributed by atoms with Crippen LogP contribution in [0, 0.1) is 17.7 Å². The lowest BCUT2D eigenvalue weighted by atomic mass is 9.91. The molecule has 1 aromatic carbocycles. The Labute approximate surface area is 101 Å². The molecule has 1 rings (SSSR count). The fraction of sp³-hybridized carbons (Fsp3) is 0.538. The third kappa shape index (κ3) is 3.76. The fourth-order valence-corrected chi connectivity index (χ4v) is 2.11. The van der Waals surface area contributed by atoms with Crippen molar-refractivity contribution in [2.24, 2.45) is 11.8 Å². The largest absolute Gasteiger partial charge is 0.396 e. The third-order valence-corrected chi connectivity index (χ3v) is 3.03. The predicted molar refractivity (Wildman–Crippen MR) is 65.1 cm³/mol. The minimum Gasteiger partial charge on any atom is -0.396 e. The summed E-state index contributed by atoms with van der Waals surface area (Å²) in [5.74, 6) is 0.282. The molecule has 0 heterocycles. The molecule has 3 heteroatoms. The molecule has 1 aromatic rings. The van der Waals surface area contributed by atoms with E-state index in [1.54, 1.807) is 6.07 Å². The van der Waals surface area contributed by atoms with E-state index >= 15 is 0 Å². The molecular formula is C13H18ClFO. The lowest BCUT2D eigenvalue weighted by Gasteiger charge is -2.17. The first kappa shape index (κ1) is 13.5. The number of aliphatic hydroxyl groups excluding tert-OH is 1. The van der Waals surface area contributed by atoms with Gasteiger partial charge in [0.1, 0.15) is 5.82 Å². The maximum Gasteiger partial charge on any atom is 0.142 e. The quantitative estimate of drug-likeness (QED) is 0.838. The summed E-state index contributed by atoms with van der Waals surface area (Å²) in [6, 6.07) is 4.82. The van der Waals surface area contributed by atoms with Crippen LogP contribution in [0.3, 0.4) is 0 Å². The van der Waals surface area contributed by atoms with Crippen molar-refractivity contribution >= 4 is 11.6 Å². The summed E-state index contributed by atoms with van der Waals surface area (Å²) in [5.41, 5.74) is 0.779. The van der Waals surface area contributed by atoms with Crippen LogP contribution in [0.15, 0.2) is 18.2 Å². The lowest BCUT2D eigenvalue weighted by Crippen LogP contribution is -2.13. The van der Waals surface area contributed by atoms with Gasteiger partial charge in [0.15, 0.2) is 0 Å². The van der Waals surface area contributed by atoms with Crippen molar-refractivity contribution in [1.82, 2.24) is 0 Å². The summed E-state index contributed by atoms with van der Waals surface area (Å²) >= 11 is 5.87. The minimum absolute atomic E-state index is 0.116. The Kier molecular flexibility index (Phi) is 5.23. The highest BCUT2D eigenvalue weighted by atomic mass is 35.5. The van der Waals surface area contributed by atoms with Crippen LogP contribution in [0.4, 0.5) is 4.39 Å². The number of rotatable bonds is 5. The van der Waals surface area contributed by atoms with Crippen LogP contribution in [0.1, 0.15) is 25.8 Å². The maximum absolute atomic E-state index is 13.2. The van der Waals surface area contributed by atoms with Gasteiger partial charge in [-0.1, -0.05) is 37.6 Å². The Morgan fingerprint density at radius 2 is 2.06 bits per heavy atom. The number of aliphatic hydroxyl groups is 1. The van der Waals surface area contributed by atoms with Crippen LogP contribution in [0.2, 0.25) is 5.02 Å². The van der Waals surface area contributed by atoms with Gasteiger partial charge in [0.2, 0.25) is 0 Å². The normalized spacial score (nSPS) is 13.1. The van der Waals surface area contributed by atoms with Crippen LogP contribution >= 0.6 is 11.6 Å². The zero-order valence-electron chi connectivity index (χ0n) is 9.71. The Balaban J connectivity index is 2.74. The second kappa shape index (κ2) is 6.21. The van der Waals surface area contributed by atoms with Crippen LogP contribution in [0.5, 0.6) is 0 Å². The molecule has 0 radical (unpaired) electrons. The van der Waals surface area contributed by atoms with Gasteiger partial charge < -0.3 is 5.11 Å². The average Bonchev–Trinajstić information content (AvgIpc) is 2.23. The van der Waals surface area contributed by atoms with E-state index in [0.29, 0.717) is 12.3 Å². The third-order valence-electron chi connectivity index (χ3n) is 2.60. The molecule has 0 aliphatic carbocycles. The van der Waals surface area contributed by atoms with E-state index in [-0.39, 0.29) is 23.4 Å². The summed E-state index contributed by atoms with van der Waals surface area (Å²) in [4.78, 5) is 0. The zero-order valence-corrected chi connectivity index (χ0v) is 10.5. The monoisotopic (exact) mass is 244 g/mol. The topological polar surface area (TPSA) is 20.2 Å². The molecule has 0 spiro atoms. The molecule has 0 aliphatic rings. The van der Waals surface area contributed by atoms with E-state index in [9.17, 15) is 9.50 Å². The predicted octanol–water partition coefficient (Wildman–Crippen LogP) is 3.68. The Morgan fingerprint density at radius 1 is 1.38 bits per heavy atom. The Hall–Kier alpha value is -0.600. The molecule has 1 atom stereocenters. The summed E-state index contributed by atoms with van der Waals surface area (Å²) in [7, 11) is 0. The molecule has 1 N–H and O–H groups in total. The number of hydrogen-bond acceptors (Lipinski definition) is 1. The van der Waals surface area contributed by atoms with Gasteiger partial charge in [-0.3, -0.25) is 0 Å². The standard InChI is InChI=1S/C13H18ClFO/c1-9(2)6-10(8-16)7-11-4-3-5-12(15)13(11)14/h3-5,9-10,16H,6-8H2,1-2H3. The Morgan fingerprint density at radius 3 is 2.62 bits per heavy atom. The summed E-state index contributed by atoms with van der Waals surface area (Å²) < 4.78 is 13.2. The first-order valence-electron chi connectivity index (χ1n) is 5.58. The van der Waals surface area contributed by atoms with E-state index < -0.39 is 0 Å². The first-order valence-corrected chi connectivity index (χ1v) is 5.96. The highest BCUT2D eigenvalue weighted by Gasteiger charge is 2.14. The lowest BCUT2D eigenvalue weighted by molar-refractivity contribution is 0.205. The molecule has 16 heavy (non-hydrogen) atoms. The molecule has 0 fully saturated rings. The van der Waals surface area contributed by atoms with Gasteiger partial charge in [-0.25, -0.2) is 4.39 Å².